The van der Waals surface area contributed by atoms with Crippen LogP contribution < -0.4 is 10.2 Å². The molecule has 2 aromatic carbocycles. The van der Waals surface area contributed by atoms with Gasteiger partial charge in [0.25, 0.3) is 5.91 Å². The second-order valence-electron chi connectivity index (χ2n) is 4.58. The zero-order valence-corrected chi connectivity index (χ0v) is 13.3. The minimum atomic E-state index is -0.218. The summed E-state index contributed by atoms with van der Waals surface area (Å²) in [5, 5.41) is 3.77. The van der Waals surface area contributed by atoms with Gasteiger partial charge in [-0.2, -0.15) is 5.10 Å². The van der Waals surface area contributed by atoms with Crippen LogP contribution in [0.15, 0.2) is 64.6 Å². The molecule has 0 unspecified atom stereocenters. The van der Waals surface area contributed by atoms with E-state index in [4.69, 9.17) is 4.74 Å². The third-order valence-electron chi connectivity index (χ3n) is 2.91. The number of hydrazone groups is 1. The molecule has 0 bridgehead atoms. The van der Waals surface area contributed by atoms with Crippen molar-refractivity contribution in [3.05, 3.63) is 60.2 Å². The monoisotopic (exact) mass is 314 g/mol. The van der Waals surface area contributed by atoms with E-state index in [9.17, 15) is 4.79 Å². The van der Waals surface area contributed by atoms with Gasteiger partial charge in [-0.15, -0.1) is 11.8 Å². The van der Waals surface area contributed by atoms with Crippen molar-refractivity contribution < 1.29 is 9.53 Å². The lowest BCUT2D eigenvalue weighted by Gasteiger charge is -2.09. The highest BCUT2D eigenvalue weighted by Gasteiger charge is 2.13. The number of nitrogens with one attached hydrogen (secondary N) is 1. The number of nitrogens with zero attached hydrogens (tertiary/aromatic N) is 1. The molecule has 0 heterocycles. The van der Waals surface area contributed by atoms with E-state index in [1.54, 1.807) is 13.3 Å². The first-order chi connectivity index (χ1) is 10.7. The Kier molecular flexibility index (Phi) is 6.03. The maximum absolute atomic E-state index is 12.0. The van der Waals surface area contributed by atoms with Gasteiger partial charge in [0.15, 0.2) is 0 Å². The summed E-state index contributed by atoms with van der Waals surface area (Å²) < 4.78 is 5.13. The summed E-state index contributed by atoms with van der Waals surface area (Å²) in [6, 6.07) is 17.3. The topological polar surface area (TPSA) is 50.7 Å². The number of ether oxygens (including phenoxy) is 1. The van der Waals surface area contributed by atoms with E-state index in [1.807, 2.05) is 61.5 Å². The third-order valence-corrected chi connectivity index (χ3v) is 4.02. The summed E-state index contributed by atoms with van der Waals surface area (Å²) in [5.74, 6) is 0.622. The normalized spacial score (nSPS) is 12.1. The van der Waals surface area contributed by atoms with Crippen molar-refractivity contribution in [2.24, 2.45) is 5.10 Å². The standard InChI is InChI=1S/C17H18N2O2S/c1-13(22-16-9-4-3-5-10-16)17(20)19-18-12-14-7-6-8-15(11-14)21-2/h3-13H,1-2H3,(H,19,20)/b18-12-/t13-/m1/s1. The minimum Gasteiger partial charge on any atom is -0.497 e. The van der Waals surface area contributed by atoms with Crippen LogP contribution in [0.25, 0.3) is 0 Å². The molecule has 0 aromatic heterocycles. The molecule has 114 valence electrons. The Bertz CT molecular complexity index is 644. The highest BCUT2D eigenvalue weighted by atomic mass is 32.2. The molecule has 2 aromatic rings. The molecule has 22 heavy (non-hydrogen) atoms. The number of benzene rings is 2. The van der Waals surface area contributed by atoms with Crippen molar-refractivity contribution in [1.82, 2.24) is 5.43 Å². The molecule has 2 rings (SSSR count). The van der Waals surface area contributed by atoms with Crippen LogP contribution in [0.4, 0.5) is 0 Å². The first-order valence-corrected chi connectivity index (χ1v) is 7.75. The van der Waals surface area contributed by atoms with Crippen molar-refractivity contribution in [3.63, 3.8) is 0 Å². The number of amides is 1. The van der Waals surface area contributed by atoms with Gasteiger partial charge >= 0.3 is 0 Å². The number of thioether (sulfide) groups is 1. The third kappa shape index (κ3) is 4.93. The molecule has 0 saturated carbocycles. The predicted molar refractivity (Wildman–Crippen MR) is 90.5 cm³/mol. The van der Waals surface area contributed by atoms with E-state index in [2.05, 4.69) is 10.5 Å². The van der Waals surface area contributed by atoms with Gasteiger partial charge in [-0.3, -0.25) is 4.79 Å². The summed E-state index contributed by atoms with van der Waals surface area (Å²) >= 11 is 1.50. The van der Waals surface area contributed by atoms with Crippen LogP contribution in [0.2, 0.25) is 0 Å². The van der Waals surface area contributed by atoms with Crippen LogP contribution in [-0.2, 0) is 4.79 Å². The first kappa shape index (κ1) is 16.1. The Morgan fingerprint density at radius 2 is 2.00 bits per heavy atom. The van der Waals surface area contributed by atoms with Gasteiger partial charge in [-0.1, -0.05) is 30.3 Å². The molecule has 1 atom stereocenters. The lowest BCUT2D eigenvalue weighted by atomic mass is 10.2. The summed E-state index contributed by atoms with van der Waals surface area (Å²) in [6.45, 7) is 1.86. The molecular formula is C17H18N2O2S. The van der Waals surface area contributed by atoms with Gasteiger partial charge in [-0.05, 0) is 36.8 Å². The molecule has 0 aliphatic carbocycles. The number of hydrogen-bond acceptors (Lipinski definition) is 4. The van der Waals surface area contributed by atoms with Gasteiger partial charge in [-0.25, -0.2) is 5.43 Å². The van der Waals surface area contributed by atoms with Crippen LogP contribution in [0.1, 0.15) is 12.5 Å². The van der Waals surface area contributed by atoms with Gasteiger partial charge in [0.2, 0.25) is 0 Å². The van der Waals surface area contributed by atoms with Crippen molar-refractivity contribution in [2.75, 3.05) is 7.11 Å². The van der Waals surface area contributed by atoms with Gasteiger partial charge < -0.3 is 4.74 Å². The van der Waals surface area contributed by atoms with Gasteiger partial charge in [0.1, 0.15) is 5.75 Å². The average molecular weight is 314 g/mol. The molecule has 0 saturated heterocycles. The molecule has 5 heteroatoms. The Morgan fingerprint density at radius 1 is 1.23 bits per heavy atom. The Labute approximate surface area is 134 Å². The van der Waals surface area contributed by atoms with Crippen LogP contribution in [0, 0.1) is 0 Å². The van der Waals surface area contributed by atoms with Crippen LogP contribution in [-0.4, -0.2) is 24.5 Å². The second-order valence-corrected chi connectivity index (χ2v) is 6.00. The zero-order valence-electron chi connectivity index (χ0n) is 12.5. The smallest absolute Gasteiger partial charge is 0.253 e. The molecule has 1 amide bonds. The van der Waals surface area contributed by atoms with Gasteiger partial charge in [0, 0.05) is 4.90 Å². The predicted octanol–water partition coefficient (Wildman–Crippen LogP) is 3.33. The SMILES string of the molecule is COc1cccc(/C=N\NC(=O)[C@@H](C)Sc2ccccc2)c1. The summed E-state index contributed by atoms with van der Waals surface area (Å²) in [7, 11) is 1.61. The second kappa shape index (κ2) is 8.24. The molecule has 0 radical (unpaired) electrons. The zero-order chi connectivity index (χ0) is 15.8. The Morgan fingerprint density at radius 3 is 2.73 bits per heavy atom. The van der Waals surface area contributed by atoms with E-state index < -0.39 is 0 Å². The highest BCUT2D eigenvalue weighted by Crippen LogP contribution is 2.22. The average Bonchev–Trinajstić information content (AvgIpc) is 2.56. The fourth-order valence-electron chi connectivity index (χ4n) is 1.74. The summed E-state index contributed by atoms with van der Waals surface area (Å²) in [4.78, 5) is 13.0. The van der Waals surface area contributed by atoms with Crippen LogP contribution >= 0.6 is 11.8 Å². The maximum Gasteiger partial charge on any atom is 0.253 e. The van der Waals surface area contributed by atoms with Crippen LogP contribution in [0.3, 0.4) is 0 Å². The highest BCUT2D eigenvalue weighted by molar-refractivity contribution is 8.00. The van der Waals surface area contributed by atoms with E-state index in [0.29, 0.717) is 0 Å². The number of rotatable bonds is 6. The van der Waals surface area contributed by atoms with Crippen molar-refractivity contribution in [2.45, 2.75) is 17.1 Å². The molecule has 0 fully saturated rings. The molecular weight excluding hydrogens is 296 g/mol. The molecule has 1 N–H and O–H groups in total. The maximum atomic E-state index is 12.0. The van der Waals surface area contributed by atoms with E-state index in [-0.39, 0.29) is 11.2 Å². The molecule has 4 nitrogen and oxygen atoms in total. The fourth-order valence-corrected chi connectivity index (χ4v) is 2.62. The largest absolute Gasteiger partial charge is 0.497 e. The van der Waals surface area contributed by atoms with E-state index in [1.165, 1.54) is 11.8 Å². The summed E-state index contributed by atoms with van der Waals surface area (Å²) in [5.41, 5.74) is 3.42. The fraction of sp³-hybridized carbons (Fsp3) is 0.176. The lowest BCUT2D eigenvalue weighted by molar-refractivity contribution is -0.120. The molecule has 0 aliphatic rings. The Hall–Kier alpha value is -2.27. The van der Waals surface area contributed by atoms with Crippen molar-refractivity contribution in [3.8, 4) is 5.75 Å². The molecule has 0 spiro atoms. The molecule has 0 aliphatic heterocycles. The quantitative estimate of drug-likeness (QED) is 0.505. The van der Waals surface area contributed by atoms with E-state index >= 15 is 0 Å². The van der Waals surface area contributed by atoms with Crippen molar-refractivity contribution in [1.29, 1.82) is 0 Å². The van der Waals surface area contributed by atoms with Crippen LogP contribution in [0.5, 0.6) is 5.75 Å². The first-order valence-electron chi connectivity index (χ1n) is 6.87. The number of carbonyl (C=O) groups is 1. The number of methoxy groups -OCH3 is 1. The minimum absolute atomic E-state index is 0.131. The van der Waals surface area contributed by atoms with Crippen molar-refractivity contribution >= 4 is 23.9 Å². The number of hydrogen-bond donors (Lipinski definition) is 1. The van der Waals surface area contributed by atoms with E-state index in [0.717, 1.165) is 16.2 Å². The lowest BCUT2D eigenvalue weighted by Crippen LogP contribution is -2.26. The van der Waals surface area contributed by atoms with Gasteiger partial charge in [0.05, 0.1) is 18.6 Å². The summed E-state index contributed by atoms with van der Waals surface area (Å²) in [6.07, 6.45) is 1.60. The number of carbonyl (C=O) groups excluding carboxylic acids is 1. The Balaban J connectivity index is 1.87.